The molecule has 1 N–H and O–H groups in total. The Morgan fingerprint density at radius 3 is 2.67 bits per heavy atom. The third-order valence-electron chi connectivity index (χ3n) is 2.88. The summed E-state index contributed by atoms with van der Waals surface area (Å²) in [5, 5.41) is 11.5. The van der Waals surface area contributed by atoms with Crippen LogP contribution in [0.25, 0.3) is 0 Å². The van der Waals surface area contributed by atoms with E-state index in [9.17, 15) is 4.39 Å². The number of aryl methyl sites for hydroxylation is 3. The lowest BCUT2D eigenvalue weighted by Crippen LogP contribution is -2.04. The zero-order chi connectivity index (χ0) is 13.1. The van der Waals surface area contributed by atoms with Crippen molar-refractivity contribution >= 4 is 5.69 Å². The molecule has 0 saturated heterocycles. The van der Waals surface area contributed by atoms with Gasteiger partial charge in [0.05, 0.1) is 17.6 Å². The Hall–Kier alpha value is -1.85. The van der Waals surface area contributed by atoms with Gasteiger partial charge < -0.3 is 5.32 Å². The minimum atomic E-state index is -0.273. The van der Waals surface area contributed by atoms with Gasteiger partial charge in [-0.25, -0.2) is 4.68 Å². The predicted molar refractivity (Wildman–Crippen MR) is 67.8 cm³/mol. The maximum atomic E-state index is 13.7. The molecule has 0 radical (unpaired) electrons. The number of rotatable bonds is 5. The van der Waals surface area contributed by atoms with Crippen molar-refractivity contribution < 1.29 is 4.39 Å². The largest absolute Gasteiger partial charge is 0.378 e. The highest BCUT2D eigenvalue weighted by atomic mass is 19.1. The Morgan fingerprint density at radius 2 is 2.11 bits per heavy atom. The average molecular weight is 251 g/mol. The van der Waals surface area contributed by atoms with Crippen LogP contribution in [-0.4, -0.2) is 19.6 Å². The Kier molecular flexibility index (Phi) is 3.64. The first-order valence-electron chi connectivity index (χ1n) is 6.13. The van der Waals surface area contributed by atoms with Gasteiger partial charge in [-0.15, -0.1) is 0 Å². The van der Waals surface area contributed by atoms with Gasteiger partial charge >= 0.3 is 0 Å². The van der Waals surface area contributed by atoms with Crippen LogP contribution >= 0.6 is 0 Å². The molecule has 5 nitrogen and oxygen atoms in total. The van der Waals surface area contributed by atoms with Crippen molar-refractivity contribution in [3.05, 3.63) is 29.6 Å². The number of hydrogen-bond donors (Lipinski definition) is 1. The monoisotopic (exact) mass is 251 g/mol. The first kappa shape index (κ1) is 12.6. The number of nitrogens with one attached hydrogen (secondary N) is 1. The summed E-state index contributed by atoms with van der Waals surface area (Å²) in [4.78, 5) is 0. The normalized spacial score (nSPS) is 10.9. The molecule has 0 aliphatic heterocycles. The number of nitrogens with zero attached hydrogens (tertiary/aromatic N) is 4. The molecule has 2 aromatic rings. The molecule has 6 heteroatoms. The summed E-state index contributed by atoms with van der Waals surface area (Å²) < 4.78 is 16.9. The molecular weight excluding hydrogens is 233 g/mol. The van der Waals surface area contributed by atoms with Crippen LogP contribution in [0.1, 0.15) is 25.1 Å². The molecule has 0 aliphatic carbocycles. The van der Waals surface area contributed by atoms with Gasteiger partial charge in [0.25, 0.3) is 0 Å². The maximum absolute atomic E-state index is 13.7. The van der Waals surface area contributed by atoms with Crippen LogP contribution < -0.4 is 5.32 Å². The molecule has 98 valence electrons. The molecule has 0 aromatic carbocycles. The van der Waals surface area contributed by atoms with E-state index in [1.807, 2.05) is 31.6 Å². The Bertz CT molecular complexity index is 527. The van der Waals surface area contributed by atoms with Crippen LogP contribution in [0.15, 0.2) is 12.4 Å². The summed E-state index contributed by atoms with van der Waals surface area (Å²) in [6.07, 6.45) is 3.49. The summed E-state index contributed by atoms with van der Waals surface area (Å²) in [5.74, 6) is -0.273. The Labute approximate surface area is 106 Å². The number of aromatic nitrogens is 4. The lowest BCUT2D eigenvalue weighted by Gasteiger charge is -2.03. The van der Waals surface area contributed by atoms with Crippen LogP contribution in [-0.2, 0) is 19.6 Å². The number of hydrogen-bond acceptors (Lipinski definition) is 3. The quantitative estimate of drug-likeness (QED) is 0.886. The van der Waals surface area contributed by atoms with E-state index >= 15 is 0 Å². The van der Waals surface area contributed by atoms with Crippen molar-refractivity contribution in [2.75, 3.05) is 5.32 Å². The third kappa shape index (κ3) is 2.37. The molecule has 0 atom stereocenters. The molecule has 0 spiro atoms. The predicted octanol–water partition coefficient (Wildman–Crippen LogP) is 2.18. The van der Waals surface area contributed by atoms with Crippen LogP contribution in [0.3, 0.4) is 0 Å². The van der Waals surface area contributed by atoms with Gasteiger partial charge in [0, 0.05) is 31.4 Å². The summed E-state index contributed by atoms with van der Waals surface area (Å²) in [6.45, 7) is 7.61. The second-order valence-corrected chi connectivity index (χ2v) is 4.11. The molecule has 2 rings (SSSR count). The Balaban J connectivity index is 2.06. The van der Waals surface area contributed by atoms with E-state index in [-0.39, 0.29) is 5.95 Å². The fourth-order valence-corrected chi connectivity index (χ4v) is 1.79. The zero-order valence-electron chi connectivity index (χ0n) is 10.9. The van der Waals surface area contributed by atoms with Gasteiger partial charge in [0.2, 0.25) is 5.95 Å². The molecule has 0 fully saturated rings. The summed E-state index contributed by atoms with van der Waals surface area (Å²) >= 11 is 0. The van der Waals surface area contributed by atoms with Gasteiger partial charge in [0.1, 0.15) is 0 Å². The van der Waals surface area contributed by atoms with Gasteiger partial charge in [-0.05, 0) is 20.8 Å². The van der Waals surface area contributed by atoms with E-state index in [0.29, 0.717) is 18.7 Å². The van der Waals surface area contributed by atoms with Crippen molar-refractivity contribution in [2.24, 2.45) is 0 Å². The highest BCUT2D eigenvalue weighted by molar-refractivity contribution is 5.45. The molecule has 0 bridgehead atoms. The van der Waals surface area contributed by atoms with Crippen LogP contribution in [0.5, 0.6) is 0 Å². The van der Waals surface area contributed by atoms with Crippen molar-refractivity contribution in [1.29, 1.82) is 0 Å². The molecular formula is C12H18FN5. The molecule has 0 unspecified atom stereocenters. The van der Waals surface area contributed by atoms with Gasteiger partial charge in [-0.1, -0.05) is 0 Å². The highest BCUT2D eigenvalue weighted by Crippen LogP contribution is 2.15. The van der Waals surface area contributed by atoms with E-state index in [4.69, 9.17) is 0 Å². The van der Waals surface area contributed by atoms with Crippen molar-refractivity contribution in [2.45, 2.75) is 40.4 Å². The molecule has 0 saturated carbocycles. The van der Waals surface area contributed by atoms with Crippen molar-refractivity contribution in [1.82, 2.24) is 19.6 Å². The molecule has 0 amide bonds. The van der Waals surface area contributed by atoms with E-state index in [2.05, 4.69) is 15.5 Å². The summed E-state index contributed by atoms with van der Waals surface area (Å²) in [5.41, 5.74) is 2.42. The smallest absolute Gasteiger partial charge is 0.216 e. The van der Waals surface area contributed by atoms with Crippen LogP contribution in [0.2, 0.25) is 0 Å². The standard InChI is InChI=1S/C12H18FN5/c1-4-17-8-11(9(3)16-17)14-6-10-7-15-18(5-2)12(10)13/h7-8,14H,4-6H2,1-3H3. The maximum Gasteiger partial charge on any atom is 0.216 e. The molecule has 0 aliphatic rings. The van der Waals surface area contributed by atoms with E-state index in [0.717, 1.165) is 17.9 Å². The second-order valence-electron chi connectivity index (χ2n) is 4.11. The molecule has 2 heterocycles. The van der Waals surface area contributed by atoms with E-state index in [1.165, 1.54) is 4.68 Å². The van der Waals surface area contributed by atoms with Gasteiger partial charge in [-0.2, -0.15) is 14.6 Å². The fraction of sp³-hybridized carbons (Fsp3) is 0.500. The number of anilines is 1. The van der Waals surface area contributed by atoms with E-state index < -0.39 is 0 Å². The van der Waals surface area contributed by atoms with Crippen LogP contribution in [0.4, 0.5) is 10.1 Å². The van der Waals surface area contributed by atoms with Crippen LogP contribution in [0, 0.1) is 12.9 Å². The lowest BCUT2D eigenvalue weighted by atomic mass is 10.3. The SMILES string of the molecule is CCn1cc(NCc2cnn(CC)c2F)c(C)n1. The summed E-state index contributed by atoms with van der Waals surface area (Å²) in [7, 11) is 0. The number of halogens is 1. The minimum absolute atomic E-state index is 0.273. The third-order valence-corrected chi connectivity index (χ3v) is 2.88. The first-order chi connectivity index (χ1) is 8.65. The molecule has 18 heavy (non-hydrogen) atoms. The lowest BCUT2D eigenvalue weighted by molar-refractivity contribution is 0.465. The van der Waals surface area contributed by atoms with Crippen molar-refractivity contribution in [3.63, 3.8) is 0 Å². The minimum Gasteiger partial charge on any atom is -0.378 e. The highest BCUT2D eigenvalue weighted by Gasteiger charge is 2.10. The average Bonchev–Trinajstić information content (AvgIpc) is 2.90. The summed E-state index contributed by atoms with van der Waals surface area (Å²) in [6, 6.07) is 0. The fourth-order valence-electron chi connectivity index (χ4n) is 1.79. The van der Waals surface area contributed by atoms with Gasteiger partial charge in [-0.3, -0.25) is 4.68 Å². The zero-order valence-corrected chi connectivity index (χ0v) is 10.9. The van der Waals surface area contributed by atoms with Crippen molar-refractivity contribution in [3.8, 4) is 0 Å². The molecule has 2 aromatic heterocycles. The Morgan fingerprint density at radius 1 is 1.33 bits per heavy atom. The van der Waals surface area contributed by atoms with E-state index in [1.54, 1.807) is 6.20 Å². The van der Waals surface area contributed by atoms with Gasteiger partial charge in [0.15, 0.2) is 0 Å². The topological polar surface area (TPSA) is 47.7 Å². The first-order valence-corrected chi connectivity index (χ1v) is 6.13. The second kappa shape index (κ2) is 5.20.